The van der Waals surface area contributed by atoms with Gasteiger partial charge in [-0.25, -0.2) is 0 Å². The van der Waals surface area contributed by atoms with Gasteiger partial charge in [0.2, 0.25) is 5.91 Å². The molecule has 1 heterocycles. The molecule has 1 aromatic carbocycles. The Balaban J connectivity index is 2.20. The van der Waals surface area contributed by atoms with Crippen molar-refractivity contribution in [3.05, 3.63) is 28.8 Å². The van der Waals surface area contributed by atoms with E-state index in [1.54, 1.807) is 6.07 Å². The van der Waals surface area contributed by atoms with E-state index in [-0.39, 0.29) is 18.5 Å². The molecular formula is C18H26N4O4. The number of hydrogen-bond donors (Lipinski definition) is 2. The molecule has 0 aliphatic carbocycles. The van der Waals surface area contributed by atoms with E-state index < -0.39 is 5.91 Å². The Hall–Kier alpha value is -2.61. The lowest BCUT2D eigenvalue weighted by molar-refractivity contribution is -0.136. The zero-order valence-corrected chi connectivity index (χ0v) is 15.4. The van der Waals surface area contributed by atoms with Gasteiger partial charge in [0.15, 0.2) is 5.96 Å². The molecule has 0 unspecified atom stereocenters. The largest absolute Gasteiger partial charge is 0.496 e. The van der Waals surface area contributed by atoms with E-state index in [2.05, 4.69) is 4.99 Å². The van der Waals surface area contributed by atoms with Crippen LogP contribution in [0.1, 0.15) is 40.2 Å². The van der Waals surface area contributed by atoms with E-state index in [0.717, 1.165) is 24.0 Å². The Morgan fingerprint density at radius 3 is 2.42 bits per heavy atom. The van der Waals surface area contributed by atoms with Crippen molar-refractivity contribution in [2.24, 2.45) is 16.5 Å². The molecule has 1 aromatic rings. The topological polar surface area (TPSA) is 120 Å². The highest BCUT2D eigenvalue weighted by Gasteiger charge is 2.26. The molecule has 142 valence electrons. The molecule has 1 saturated heterocycles. The van der Waals surface area contributed by atoms with Gasteiger partial charge in [0, 0.05) is 20.2 Å². The van der Waals surface area contributed by atoms with Crippen LogP contribution in [-0.4, -0.2) is 56.6 Å². The number of aliphatic imine (C=N–C) groups is 1. The van der Waals surface area contributed by atoms with Crippen LogP contribution in [0, 0.1) is 6.92 Å². The van der Waals surface area contributed by atoms with Crippen LogP contribution in [-0.2, 0) is 9.53 Å². The van der Waals surface area contributed by atoms with Crippen LogP contribution in [0.2, 0.25) is 0 Å². The Labute approximate surface area is 153 Å². The van der Waals surface area contributed by atoms with Gasteiger partial charge in [-0.2, -0.15) is 4.99 Å². The summed E-state index contributed by atoms with van der Waals surface area (Å²) in [5.74, 6) is -0.0667. The summed E-state index contributed by atoms with van der Waals surface area (Å²) in [4.78, 5) is 29.5. The minimum absolute atomic E-state index is 0.0124. The molecule has 1 aliphatic rings. The lowest BCUT2D eigenvalue weighted by Gasteiger charge is -2.33. The standard InChI is InChI=1S/C18H26N4O4/c1-11-8-14(17(24)21-18(19)20)15(26-3)9-13(11)12-4-6-22(7-5-12)16(23)10-25-2/h8-9,12H,4-7,10H2,1-3H3,(H4,19,20,21,24). The molecule has 0 radical (unpaired) electrons. The summed E-state index contributed by atoms with van der Waals surface area (Å²) in [7, 11) is 3.03. The second-order valence-corrected chi connectivity index (χ2v) is 6.34. The third kappa shape index (κ3) is 4.51. The maximum atomic E-state index is 12.2. The second kappa shape index (κ2) is 8.66. The van der Waals surface area contributed by atoms with Gasteiger partial charge in [-0.15, -0.1) is 0 Å². The molecule has 1 fully saturated rings. The van der Waals surface area contributed by atoms with Crippen molar-refractivity contribution >= 4 is 17.8 Å². The van der Waals surface area contributed by atoms with Gasteiger partial charge in [-0.1, -0.05) is 0 Å². The van der Waals surface area contributed by atoms with Crippen molar-refractivity contribution in [1.29, 1.82) is 0 Å². The minimum Gasteiger partial charge on any atom is -0.496 e. The number of rotatable bonds is 5. The van der Waals surface area contributed by atoms with E-state index in [4.69, 9.17) is 20.9 Å². The average Bonchev–Trinajstić information content (AvgIpc) is 2.61. The van der Waals surface area contributed by atoms with E-state index in [1.807, 2.05) is 17.9 Å². The van der Waals surface area contributed by atoms with Gasteiger partial charge in [0.05, 0.1) is 12.7 Å². The summed E-state index contributed by atoms with van der Waals surface area (Å²) in [6, 6.07) is 3.63. The van der Waals surface area contributed by atoms with Crippen molar-refractivity contribution < 1.29 is 19.1 Å². The first kappa shape index (κ1) is 19.7. The number of carbonyl (C=O) groups is 2. The molecule has 0 aromatic heterocycles. The van der Waals surface area contributed by atoms with E-state index >= 15 is 0 Å². The van der Waals surface area contributed by atoms with Crippen LogP contribution < -0.4 is 16.2 Å². The first-order valence-electron chi connectivity index (χ1n) is 8.46. The Kier molecular flexibility index (Phi) is 6.57. The van der Waals surface area contributed by atoms with Crippen molar-refractivity contribution in [2.75, 3.05) is 33.9 Å². The lowest BCUT2D eigenvalue weighted by atomic mass is 9.85. The fraction of sp³-hybridized carbons (Fsp3) is 0.500. The van der Waals surface area contributed by atoms with Crippen LogP contribution in [0.25, 0.3) is 0 Å². The number of ether oxygens (including phenoxy) is 2. The Bertz CT molecular complexity index is 705. The van der Waals surface area contributed by atoms with Gasteiger partial charge in [-0.3, -0.25) is 9.59 Å². The average molecular weight is 362 g/mol. The van der Waals surface area contributed by atoms with E-state index in [9.17, 15) is 9.59 Å². The van der Waals surface area contributed by atoms with Crippen LogP contribution in [0.4, 0.5) is 0 Å². The first-order valence-corrected chi connectivity index (χ1v) is 8.46. The number of aryl methyl sites for hydroxylation is 1. The Morgan fingerprint density at radius 2 is 1.88 bits per heavy atom. The molecular weight excluding hydrogens is 336 g/mol. The zero-order valence-electron chi connectivity index (χ0n) is 15.4. The fourth-order valence-electron chi connectivity index (χ4n) is 3.31. The van der Waals surface area contributed by atoms with Crippen LogP contribution >= 0.6 is 0 Å². The molecule has 8 nitrogen and oxygen atoms in total. The summed E-state index contributed by atoms with van der Waals surface area (Å²) < 4.78 is 10.3. The van der Waals surface area contributed by atoms with Gasteiger partial charge < -0.3 is 25.8 Å². The molecule has 0 spiro atoms. The van der Waals surface area contributed by atoms with Gasteiger partial charge in [0.25, 0.3) is 5.91 Å². The number of nitrogens with zero attached hydrogens (tertiary/aromatic N) is 2. The monoisotopic (exact) mass is 362 g/mol. The minimum atomic E-state index is -0.531. The van der Waals surface area contributed by atoms with Crippen molar-refractivity contribution in [3.8, 4) is 5.75 Å². The summed E-state index contributed by atoms with van der Waals surface area (Å²) in [5.41, 5.74) is 13.0. The summed E-state index contributed by atoms with van der Waals surface area (Å²) in [5, 5.41) is 0. The van der Waals surface area contributed by atoms with E-state index in [0.29, 0.717) is 30.3 Å². The number of piperidine rings is 1. The number of hydrogen-bond acceptors (Lipinski definition) is 4. The first-order chi connectivity index (χ1) is 12.4. The third-order valence-corrected chi connectivity index (χ3v) is 4.60. The fourth-order valence-corrected chi connectivity index (χ4v) is 3.31. The van der Waals surface area contributed by atoms with Crippen molar-refractivity contribution in [1.82, 2.24) is 4.90 Å². The normalized spacial score (nSPS) is 14.8. The summed E-state index contributed by atoms with van der Waals surface area (Å²) in [6.45, 7) is 3.43. The van der Waals surface area contributed by atoms with Gasteiger partial charge in [0.1, 0.15) is 12.4 Å². The van der Waals surface area contributed by atoms with Crippen LogP contribution in [0.15, 0.2) is 17.1 Å². The number of guanidine groups is 1. The molecule has 0 saturated carbocycles. The number of carbonyl (C=O) groups excluding carboxylic acids is 2. The maximum Gasteiger partial charge on any atom is 0.283 e. The highest BCUT2D eigenvalue weighted by Crippen LogP contribution is 2.34. The van der Waals surface area contributed by atoms with Crippen LogP contribution in [0.3, 0.4) is 0 Å². The predicted molar refractivity (Wildman–Crippen MR) is 98.3 cm³/mol. The molecule has 1 aliphatic heterocycles. The summed E-state index contributed by atoms with van der Waals surface area (Å²) >= 11 is 0. The molecule has 26 heavy (non-hydrogen) atoms. The maximum absolute atomic E-state index is 12.2. The molecule has 4 N–H and O–H groups in total. The van der Waals surface area contributed by atoms with E-state index in [1.165, 1.54) is 14.2 Å². The summed E-state index contributed by atoms with van der Waals surface area (Å²) in [6.07, 6.45) is 1.70. The van der Waals surface area contributed by atoms with Crippen molar-refractivity contribution in [2.45, 2.75) is 25.7 Å². The lowest BCUT2D eigenvalue weighted by Crippen LogP contribution is -2.39. The van der Waals surface area contributed by atoms with Gasteiger partial charge in [-0.05, 0) is 48.9 Å². The number of nitrogens with two attached hydrogens (primary N) is 2. The number of amides is 2. The number of methoxy groups -OCH3 is 2. The van der Waals surface area contributed by atoms with Crippen molar-refractivity contribution in [3.63, 3.8) is 0 Å². The predicted octanol–water partition coefficient (Wildman–Crippen LogP) is 0.770. The highest BCUT2D eigenvalue weighted by atomic mass is 16.5. The molecule has 0 bridgehead atoms. The molecule has 0 atom stereocenters. The SMILES string of the molecule is COCC(=O)N1CCC(c2cc(OC)c(C(=O)N=C(N)N)cc2C)CC1. The molecule has 8 heteroatoms. The van der Waals surface area contributed by atoms with Gasteiger partial charge >= 0.3 is 0 Å². The number of likely N-dealkylation sites (tertiary alicyclic amines) is 1. The zero-order chi connectivity index (χ0) is 19.3. The molecule has 2 amide bonds. The second-order valence-electron chi connectivity index (χ2n) is 6.34. The Morgan fingerprint density at radius 1 is 1.23 bits per heavy atom. The van der Waals surface area contributed by atoms with Crippen LogP contribution in [0.5, 0.6) is 5.75 Å². The number of benzene rings is 1. The quantitative estimate of drug-likeness (QED) is 0.590. The molecule has 2 rings (SSSR count). The highest BCUT2D eigenvalue weighted by molar-refractivity contribution is 6.03. The third-order valence-electron chi connectivity index (χ3n) is 4.60. The smallest absolute Gasteiger partial charge is 0.283 e.